The highest BCUT2D eigenvalue weighted by Gasteiger charge is 2.16. The van der Waals surface area contributed by atoms with E-state index in [9.17, 15) is 14.0 Å². The fraction of sp³-hybridized carbons (Fsp3) is 0.0476. The van der Waals surface area contributed by atoms with Gasteiger partial charge in [-0.25, -0.2) is 4.39 Å². The van der Waals surface area contributed by atoms with E-state index in [1.54, 1.807) is 48.5 Å². The number of ether oxygens (including phenoxy) is 1. The molecule has 0 saturated heterocycles. The summed E-state index contributed by atoms with van der Waals surface area (Å²) in [6, 6.07) is 17.2. The third-order valence-electron chi connectivity index (χ3n) is 3.95. The van der Waals surface area contributed by atoms with Gasteiger partial charge < -0.3 is 15.4 Å². The third-order valence-corrected chi connectivity index (χ3v) is 4.26. The van der Waals surface area contributed by atoms with Crippen LogP contribution in [-0.2, 0) is 0 Å². The van der Waals surface area contributed by atoms with Gasteiger partial charge in [0.1, 0.15) is 11.6 Å². The SMILES string of the molecule is COc1ccccc1NC(=O)c1ccc(NC(=O)c2c(F)cccc2Cl)cc1. The number of carbonyl (C=O) groups excluding carboxylic acids is 2. The molecule has 0 atom stereocenters. The number of amides is 2. The fourth-order valence-electron chi connectivity index (χ4n) is 2.56. The molecule has 7 heteroatoms. The van der Waals surface area contributed by atoms with E-state index < -0.39 is 11.7 Å². The predicted octanol–water partition coefficient (Wildman–Crippen LogP) is 4.99. The molecule has 0 aliphatic rings. The van der Waals surface area contributed by atoms with Gasteiger partial charge in [0.25, 0.3) is 11.8 Å². The van der Waals surface area contributed by atoms with Gasteiger partial charge >= 0.3 is 0 Å². The normalized spacial score (nSPS) is 10.2. The Kier molecular flexibility index (Phi) is 5.91. The van der Waals surface area contributed by atoms with Crippen molar-refractivity contribution in [1.29, 1.82) is 0 Å². The molecule has 5 nitrogen and oxygen atoms in total. The summed E-state index contributed by atoms with van der Waals surface area (Å²) in [4.78, 5) is 24.7. The fourth-order valence-corrected chi connectivity index (χ4v) is 2.80. The summed E-state index contributed by atoms with van der Waals surface area (Å²) in [5.74, 6) is -1.17. The summed E-state index contributed by atoms with van der Waals surface area (Å²) in [6.45, 7) is 0. The van der Waals surface area contributed by atoms with Crippen LogP contribution in [-0.4, -0.2) is 18.9 Å². The first kappa shape index (κ1) is 19.4. The number of benzene rings is 3. The first-order valence-corrected chi connectivity index (χ1v) is 8.67. The van der Waals surface area contributed by atoms with E-state index in [1.165, 1.54) is 19.2 Å². The van der Waals surface area contributed by atoms with E-state index in [2.05, 4.69) is 10.6 Å². The smallest absolute Gasteiger partial charge is 0.260 e. The lowest BCUT2D eigenvalue weighted by molar-refractivity contribution is 0.101. The van der Waals surface area contributed by atoms with E-state index in [0.29, 0.717) is 22.7 Å². The first-order chi connectivity index (χ1) is 13.5. The summed E-state index contributed by atoms with van der Waals surface area (Å²) in [5.41, 5.74) is 1.09. The zero-order valence-corrected chi connectivity index (χ0v) is 15.6. The van der Waals surface area contributed by atoms with E-state index in [-0.39, 0.29) is 16.5 Å². The van der Waals surface area contributed by atoms with Crippen LogP contribution in [0.4, 0.5) is 15.8 Å². The van der Waals surface area contributed by atoms with Crippen LogP contribution in [0.3, 0.4) is 0 Å². The van der Waals surface area contributed by atoms with E-state index in [4.69, 9.17) is 16.3 Å². The number of anilines is 2. The predicted molar refractivity (Wildman–Crippen MR) is 107 cm³/mol. The number of carbonyl (C=O) groups is 2. The maximum Gasteiger partial charge on any atom is 0.260 e. The Balaban J connectivity index is 1.71. The van der Waals surface area contributed by atoms with Gasteiger partial charge in [0.05, 0.1) is 23.4 Å². The number of hydrogen-bond acceptors (Lipinski definition) is 3. The van der Waals surface area contributed by atoms with Gasteiger partial charge in [-0.1, -0.05) is 29.8 Å². The summed E-state index contributed by atoms with van der Waals surface area (Å²) in [6.07, 6.45) is 0. The Hall–Kier alpha value is -3.38. The lowest BCUT2D eigenvalue weighted by Gasteiger charge is -2.11. The molecule has 0 aromatic heterocycles. The molecule has 0 radical (unpaired) electrons. The molecule has 2 N–H and O–H groups in total. The summed E-state index contributed by atoms with van der Waals surface area (Å²) >= 11 is 5.90. The van der Waals surface area contributed by atoms with Crippen LogP contribution < -0.4 is 15.4 Å². The number of rotatable bonds is 5. The number of hydrogen-bond donors (Lipinski definition) is 2. The topological polar surface area (TPSA) is 67.4 Å². The van der Waals surface area contributed by atoms with Crippen molar-refractivity contribution in [1.82, 2.24) is 0 Å². The maximum absolute atomic E-state index is 13.8. The second-order valence-corrected chi connectivity index (χ2v) is 6.19. The van der Waals surface area contributed by atoms with Crippen molar-refractivity contribution in [2.45, 2.75) is 0 Å². The van der Waals surface area contributed by atoms with Gasteiger partial charge in [-0.3, -0.25) is 9.59 Å². The minimum atomic E-state index is -0.710. The Labute approximate surface area is 166 Å². The van der Waals surface area contributed by atoms with Gasteiger partial charge in [-0.2, -0.15) is 0 Å². The van der Waals surface area contributed by atoms with Crippen molar-refractivity contribution in [2.24, 2.45) is 0 Å². The van der Waals surface area contributed by atoms with E-state index in [1.807, 2.05) is 0 Å². The second kappa shape index (κ2) is 8.54. The lowest BCUT2D eigenvalue weighted by Crippen LogP contribution is -2.15. The zero-order chi connectivity index (χ0) is 20.1. The largest absolute Gasteiger partial charge is 0.495 e. The standard InChI is InChI=1S/C21H16ClFN2O3/c1-28-18-8-3-2-7-17(18)25-20(26)13-9-11-14(12-10-13)24-21(27)19-15(22)5-4-6-16(19)23/h2-12H,1H3,(H,24,27)(H,25,26). The molecule has 0 heterocycles. The molecule has 28 heavy (non-hydrogen) atoms. The molecule has 0 bridgehead atoms. The average Bonchev–Trinajstić information content (AvgIpc) is 2.68. The highest BCUT2D eigenvalue weighted by Crippen LogP contribution is 2.24. The lowest BCUT2D eigenvalue weighted by atomic mass is 10.1. The van der Waals surface area contributed by atoms with Crippen molar-refractivity contribution < 1.29 is 18.7 Å². The molecule has 0 aliphatic carbocycles. The Morgan fingerprint density at radius 1 is 0.893 bits per heavy atom. The van der Waals surface area contributed by atoms with Crippen molar-refractivity contribution in [3.8, 4) is 5.75 Å². The highest BCUT2D eigenvalue weighted by atomic mass is 35.5. The van der Waals surface area contributed by atoms with Crippen LogP contribution in [0.5, 0.6) is 5.75 Å². The van der Waals surface area contributed by atoms with Crippen LogP contribution in [0, 0.1) is 5.82 Å². The molecule has 3 aromatic carbocycles. The molecule has 3 rings (SSSR count). The Morgan fingerprint density at radius 2 is 1.61 bits per heavy atom. The molecule has 0 fully saturated rings. The molecule has 142 valence electrons. The molecule has 0 saturated carbocycles. The number of methoxy groups -OCH3 is 1. The Morgan fingerprint density at radius 3 is 2.29 bits per heavy atom. The van der Waals surface area contributed by atoms with Gasteiger partial charge in [-0.05, 0) is 48.5 Å². The molecule has 0 spiro atoms. The van der Waals surface area contributed by atoms with Crippen molar-refractivity contribution in [3.63, 3.8) is 0 Å². The number of para-hydroxylation sites is 2. The van der Waals surface area contributed by atoms with Crippen LogP contribution in [0.2, 0.25) is 5.02 Å². The summed E-state index contributed by atoms with van der Waals surface area (Å²) in [7, 11) is 1.52. The van der Waals surface area contributed by atoms with Crippen molar-refractivity contribution in [3.05, 3.63) is 88.7 Å². The number of halogens is 2. The molecular weight excluding hydrogens is 383 g/mol. The van der Waals surface area contributed by atoms with Crippen molar-refractivity contribution >= 4 is 34.8 Å². The van der Waals surface area contributed by atoms with Crippen molar-refractivity contribution in [2.75, 3.05) is 17.7 Å². The van der Waals surface area contributed by atoms with Crippen LogP contribution >= 0.6 is 11.6 Å². The van der Waals surface area contributed by atoms with Crippen LogP contribution in [0.25, 0.3) is 0 Å². The second-order valence-electron chi connectivity index (χ2n) is 5.78. The Bertz CT molecular complexity index is 1000. The van der Waals surface area contributed by atoms with Gasteiger partial charge in [0, 0.05) is 11.3 Å². The third kappa shape index (κ3) is 4.29. The minimum absolute atomic E-state index is 0.0188. The zero-order valence-electron chi connectivity index (χ0n) is 14.8. The quantitative estimate of drug-likeness (QED) is 0.636. The van der Waals surface area contributed by atoms with Gasteiger partial charge in [0.2, 0.25) is 0 Å². The van der Waals surface area contributed by atoms with E-state index in [0.717, 1.165) is 6.07 Å². The summed E-state index contributed by atoms with van der Waals surface area (Å²) < 4.78 is 19.0. The molecule has 3 aromatic rings. The monoisotopic (exact) mass is 398 g/mol. The molecule has 2 amide bonds. The highest BCUT2D eigenvalue weighted by molar-refractivity contribution is 6.34. The molecule has 0 unspecified atom stereocenters. The minimum Gasteiger partial charge on any atom is -0.495 e. The van der Waals surface area contributed by atoms with Crippen LogP contribution in [0.15, 0.2) is 66.7 Å². The van der Waals surface area contributed by atoms with Crippen LogP contribution in [0.1, 0.15) is 20.7 Å². The van der Waals surface area contributed by atoms with Gasteiger partial charge in [0.15, 0.2) is 0 Å². The summed E-state index contributed by atoms with van der Waals surface area (Å²) in [5, 5.41) is 5.34. The van der Waals surface area contributed by atoms with Gasteiger partial charge in [-0.15, -0.1) is 0 Å². The molecule has 0 aliphatic heterocycles. The van der Waals surface area contributed by atoms with E-state index >= 15 is 0 Å². The first-order valence-electron chi connectivity index (χ1n) is 8.29. The average molecular weight is 399 g/mol. The molecular formula is C21H16ClFN2O3. The maximum atomic E-state index is 13.8. The number of nitrogens with one attached hydrogen (secondary N) is 2.